The third kappa shape index (κ3) is 3.72. The highest BCUT2D eigenvalue weighted by Gasteiger charge is 2.25. The van der Waals surface area contributed by atoms with E-state index in [0.29, 0.717) is 46.8 Å². The first-order chi connectivity index (χ1) is 13.5. The van der Waals surface area contributed by atoms with Crippen molar-refractivity contribution >= 4 is 40.7 Å². The number of aromatic nitrogens is 3. The fourth-order valence-electron chi connectivity index (χ4n) is 2.98. The maximum Gasteiger partial charge on any atom is 0.275 e. The second kappa shape index (κ2) is 7.61. The maximum atomic E-state index is 12.6. The van der Waals surface area contributed by atoms with Gasteiger partial charge >= 0.3 is 0 Å². The van der Waals surface area contributed by atoms with E-state index in [0.717, 1.165) is 0 Å². The summed E-state index contributed by atoms with van der Waals surface area (Å²) in [5.74, 6) is 0.161. The third-order valence-corrected chi connectivity index (χ3v) is 4.96. The zero-order valence-electron chi connectivity index (χ0n) is 14.6. The fourth-order valence-corrected chi connectivity index (χ4v) is 3.44. The van der Waals surface area contributed by atoms with E-state index in [-0.39, 0.29) is 17.5 Å². The second-order valence-corrected chi connectivity index (χ2v) is 7.13. The smallest absolute Gasteiger partial charge is 0.275 e. The zero-order valence-corrected chi connectivity index (χ0v) is 16.1. The molecular formula is C19H15Cl2N5O2. The van der Waals surface area contributed by atoms with Crippen LogP contribution in [0, 0.1) is 0 Å². The molecule has 0 bridgehead atoms. The molecule has 142 valence electrons. The summed E-state index contributed by atoms with van der Waals surface area (Å²) in [6.07, 6.45) is 4.84. The summed E-state index contributed by atoms with van der Waals surface area (Å²) in [6.45, 7) is 1.41. The number of amides is 2. The molecule has 1 aliphatic rings. The minimum absolute atomic E-state index is 0.110. The van der Waals surface area contributed by atoms with E-state index in [4.69, 9.17) is 23.2 Å². The third-order valence-electron chi connectivity index (χ3n) is 4.41. The number of halogens is 2. The summed E-state index contributed by atoms with van der Waals surface area (Å²) in [5.41, 5.74) is 1.24. The second-order valence-electron chi connectivity index (χ2n) is 6.28. The molecule has 28 heavy (non-hydrogen) atoms. The lowest BCUT2D eigenvalue weighted by molar-refractivity contribution is 0.0707. The molecule has 0 radical (unpaired) electrons. The van der Waals surface area contributed by atoms with Crippen LogP contribution in [0.5, 0.6) is 0 Å². The van der Waals surface area contributed by atoms with Gasteiger partial charge in [-0.05, 0) is 30.3 Å². The van der Waals surface area contributed by atoms with Crippen molar-refractivity contribution in [2.45, 2.75) is 13.1 Å². The molecule has 0 saturated carbocycles. The van der Waals surface area contributed by atoms with Crippen LogP contribution >= 0.6 is 23.2 Å². The Balaban J connectivity index is 1.49. The highest BCUT2D eigenvalue weighted by Crippen LogP contribution is 2.26. The number of imidazole rings is 1. The van der Waals surface area contributed by atoms with Gasteiger partial charge in [0.2, 0.25) is 0 Å². The molecule has 0 unspecified atom stereocenters. The van der Waals surface area contributed by atoms with Crippen LogP contribution in [-0.2, 0) is 13.1 Å². The van der Waals surface area contributed by atoms with Crippen molar-refractivity contribution in [3.05, 3.63) is 76.0 Å². The molecule has 4 rings (SSSR count). The van der Waals surface area contributed by atoms with Crippen LogP contribution in [0.1, 0.15) is 26.7 Å². The van der Waals surface area contributed by atoms with Gasteiger partial charge in [-0.3, -0.25) is 14.6 Å². The number of carbonyl (C=O) groups is 2. The summed E-state index contributed by atoms with van der Waals surface area (Å²) in [4.78, 5) is 35.2. The molecule has 7 nitrogen and oxygen atoms in total. The lowest BCUT2D eigenvalue weighted by Gasteiger charge is -2.27. The van der Waals surface area contributed by atoms with Crippen molar-refractivity contribution in [1.29, 1.82) is 0 Å². The predicted molar refractivity (Wildman–Crippen MR) is 106 cm³/mol. The number of anilines is 1. The van der Waals surface area contributed by atoms with Crippen LogP contribution in [0.4, 0.5) is 5.69 Å². The molecule has 0 atom stereocenters. The Bertz CT molecular complexity index is 1050. The van der Waals surface area contributed by atoms with Gasteiger partial charge in [0.25, 0.3) is 11.8 Å². The molecule has 2 aromatic heterocycles. The van der Waals surface area contributed by atoms with Crippen molar-refractivity contribution in [2.75, 3.05) is 11.9 Å². The summed E-state index contributed by atoms with van der Waals surface area (Å²) in [7, 11) is 0. The fraction of sp³-hybridized carbons (Fsp3) is 0.158. The van der Waals surface area contributed by atoms with Gasteiger partial charge in [-0.1, -0.05) is 23.2 Å². The van der Waals surface area contributed by atoms with Gasteiger partial charge in [0.15, 0.2) is 0 Å². The molecule has 1 N–H and O–H groups in total. The van der Waals surface area contributed by atoms with E-state index in [1.165, 1.54) is 6.20 Å². The Hall–Kier alpha value is -2.90. The van der Waals surface area contributed by atoms with Crippen LogP contribution in [0.3, 0.4) is 0 Å². The van der Waals surface area contributed by atoms with Crippen LogP contribution in [0.25, 0.3) is 0 Å². The summed E-state index contributed by atoms with van der Waals surface area (Å²) >= 11 is 12.0. The van der Waals surface area contributed by atoms with E-state index in [2.05, 4.69) is 15.3 Å². The maximum absolute atomic E-state index is 12.6. The topological polar surface area (TPSA) is 80.1 Å². The van der Waals surface area contributed by atoms with E-state index in [1.54, 1.807) is 47.6 Å². The van der Waals surface area contributed by atoms with Crippen LogP contribution in [0.15, 0.2) is 48.9 Å². The van der Waals surface area contributed by atoms with Gasteiger partial charge in [0.1, 0.15) is 11.5 Å². The van der Waals surface area contributed by atoms with Gasteiger partial charge in [-0.25, -0.2) is 4.98 Å². The number of hydrogen-bond acceptors (Lipinski definition) is 4. The number of benzene rings is 1. The highest BCUT2D eigenvalue weighted by atomic mass is 35.5. The number of nitrogens with zero attached hydrogens (tertiary/aromatic N) is 4. The Morgan fingerprint density at radius 1 is 1.14 bits per heavy atom. The van der Waals surface area contributed by atoms with Gasteiger partial charge in [-0.15, -0.1) is 0 Å². The molecule has 9 heteroatoms. The van der Waals surface area contributed by atoms with Crippen LogP contribution in [-0.4, -0.2) is 37.8 Å². The molecule has 3 heterocycles. The van der Waals surface area contributed by atoms with Crippen molar-refractivity contribution in [3.63, 3.8) is 0 Å². The van der Waals surface area contributed by atoms with E-state index in [9.17, 15) is 9.59 Å². The largest absolute Gasteiger partial charge is 0.331 e. The number of nitrogens with one attached hydrogen (secondary N) is 1. The molecule has 2 amide bonds. The molecule has 0 spiro atoms. The van der Waals surface area contributed by atoms with Crippen LogP contribution in [0.2, 0.25) is 10.0 Å². The quantitative estimate of drug-likeness (QED) is 0.709. The Morgan fingerprint density at radius 3 is 2.75 bits per heavy atom. The van der Waals surface area contributed by atoms with Gasteiger partial charge in [0.05, 0.1) is 22.8 Å². The highest BCUT2D eigenvalue weighted by molar-refractivity contribution is 6.36. The van der Waals surface area contributed by atoms with Crippen molar-refractivity contribution in [1.82, 2.24) is 19.4 Å². The minimum atomic E-state index is -0.378. The predicted octanol–water partition coefficient (Wildman–Crippen LogP) is 3.49. The van der Waals surface area contributed by atoms with E-state index in [1.807, 2.05) is 4.57 Å². The van der Waals surface area contributed by atoms with Crippen molar-refractivity contribution < 1.29 is 9.59 Å². The molecular weight excluding hydrogens is 401 g/mol. The normalized spacial score (nSPS) is 13.1. The zero-order chi connectivity index (χ0) is 19.7. The Morgan fingerprint density at radius 2 is 2.00 bits per heavy atom. The number of rotatable bonds is 3. The van der Waals surface area contributed by atoms with Gasteiger partial charge < -0.3 is 14.8 Å². The lowest BCUT2D eigenvalue weighted by Crippen LogP contribution is -2.38. The van der Waals surface area contributed by atoms with Gasteiger partial charge in [-0.2, -0.15) is 0 Å². The first kappa shape index (κ1) is 18.5. The standard InChI is InChI=1S/C19H15Cl2N5O2/c20-13-3-4-15(14(21)8-13)24-18(27)16-10-25-6-7-26(11-17(25)23-16)19(28)12-2-1-5-22-9-12/h1-5,8-10H,6-7,11H2,(H,24,27). The molecule has 3 aromatic rings. The molecule has 1 aromatic carbocycles. The average molecular weight is 416 g/mol. The number of fused-ring (bicyclic) bond motifs is 1. The minimum Gasteiger partial charge on any atom is -0.331 e. The first-order valence-electron chi connectivity index (χ1n) is 8.53. The number of carbonyl (C=O) groups excluding carboxylic acids is 2. The van der Waals surface area contributed by atoms with Crippen molar-refractivity contribution in [2.24, 2.45) is 0 Å². The number of hydrogen-bond donors (Lipinski definition) is 1. The molecule has 1 aliphatic heterocycles. The van der Waals surface area contributed by atoms with E-state index < -0.39 is 0 Å². The summed E-state index contributed by atoms with van der Waals surface area (Å²) < 4.78 is 1.88. The first-order valence-corrected chi connectivity index (χ1v) is 9.28. The van der Waals surface area contributed by atoms with E-state index >= 15 is 0 Å². The Labute approximate surface area is 170 Å². The molecule has 0 fully saturated rings. The van der Waals surface area contributed by atoms with Crippen LogP contribution < -0.4 is 5.32 Å². The summed E-state index contributed by atoms with van der Waals surface area (Å²) in [5, 5.41) is 3.56. The summed E-state index contributed by atoms with van der Waals surface area (Å²) in [6, 6.07) is 8.28. The number of pyridine rings is 1. The Kier molecular flexibility index (Phi) is 5.02. The monoisotopic (exact) mass is 415 g/mol. The van der Waals surface area contributed by atoms with Crippen molar-refractivity contribution in [3.8, 4) is 0 Å². The molecule has 0 aliphatic carbocycles. The lowest BCUT2D eigenvalue weighted by atomic mass is 10.2. The molecule has 0 saturated heterocycles. The van der Waals surface area contributed by atoms with Gasteiger partial charge in [0, 0.05) is 36.7 Å². The SMILES string of the molecule is O=C(Nc1ccc(Cl)cc1Cl)c1cn2c(n1)CN(C(=O)c1cccnc1)CC2. The average Bonchev–Trinajstić information content (AvgIpc) is 3.13.